The van der Waals surface area contributed by atoms with Gasteiger partial charge in [-0.25, -0.2) is 28.8 Å². The van der Waals surface area contributed by atoms with Crippen LogP contribution in [-0.4, -0.2) is 165 Å². The number of phenols is 17. The van der Waals surface area contributed by atoms with Crippen molar-refractivity contribution < 1.29 is 154 Å². The Bertz CT molecular complexity index is 3550. The van der Waals surface area contributed by atoms with Gasteiger partial charge in [-0.3, -0.25) is 0 Å². The molecule has 0 aromatic heterocycles. The van der Waals surface area contributed by atoms with Crippen LogP contribution in [0.4, 0.5) is 0 Å². The molecule has 18 N–H and O–H groups in total. The number of cyclic esters (lactones) is 1. The number of phenolic OH excluding ortho intramolecular Hbond substituents is 17. The normalized spacial score (nSPS) is 17.7. The molecular weight excluding hydrogens is 1070 g/mol. The van der Waals surface area contributed by atoms with Gasteiger partial charge in [0.15, 0.2) is 98.5 Å². The standard InChI is InChI=1S/C48H34O31/c49-17-1-11(2-18(50)29(17)58)43(68)77-40-39-26(74-48(79-45(70)13-5-21(53)31(60)22(54)6-13)41(40)78-44(69)12-3-19(51)30(59)20(52)4-12)10-73-46(71)14-8-25(57)38(75-37-16(42(66)67)9-24(56)33(62)36(37)65)35(64)28(14)27-15(47(72)76-39)7-23(55)32(61)34(27)63/h1-9,26,39-41,48-65H,10H2,(H,66,67). The SMILES string of the molecule is O=C(OC1OC2COC(=O)c3cc(O)c(Oc4c(C(=O)O)cc(O)c(O)c4O)c(O)c3-c3c(cc(O)c(O)c3O)C(=O)OC2C(OC(=O)c2cc(O)c(O)c(O)c2)C1OC(=O)c1cc(O)c(O)c(O)c1)c1cc(O)c(O)c(O)c1. The van der Waals surface area contributed by atoms with Crippen molar-refractivity contribution >= 4 is 35.8 Å². The first-order valence-electron chi connectivity index (χ1n) is 21.6. The van der Waals surface area contributed by atoms with Crippen LogP contribution in [0.15, 0.2) is 54.6 Å². The summed E-state index contributed by atoms with van der Waals surface area (Å²) in [4.78, 5) is 83.3. The summed E-state index contributed by atoms with van der Waals surface area (Å²) in [6.45, 7) is -1.40. The second-order valence-corrected chi connectivity index (χ2v) is 16.6. The van der Waals surface area contributed by atoms with Crippen LogP contribution in [0.1, 0.15) is 62.1 Å². The number of carbonyl (C=O) groups is 6. The van der Waals surface area contributed by atoms with E-state index in [1.54, 1.807) is 0 Å². The molecule has 1 saturated heterocycles. The largest absolute Gasteiger partial charge is 0.504 e. The van der Waals surface area contributed by atoms with Crippen LogP contribution in [0.2, 0.25) is 0 Å². The lowest BCUT2D eigenvalue weighted by Crippen LogP contribution is -2.63. The molecule has 0 bridgehead atoms. The lowest BCUT2D eigenvalue weighted by molar-refractivity contribution is -0.282. The summed E-state index contributed by atoms with van der Waals surface area (Å²) >= 11 is 0. The predicted molar refractivity (Wildman–Crippen MR) is 245 cm³/mol. The van der Waals surface area contributed by atoms with Crippen molar-refractivity contribution in [2.75, 3.05) is 6.61 Å². The second-order valence-electron chi connectivity index (χ2n) is 16.6. The van der Waals surface area contributed by atoms with E-state index in [4.69, 9.17) is 33.2 Å². The smallest absolute Gasteiger partial charge is 0.340 e. The third-order valence-electron chi connectivity index (χ3n) is 11.7. The third-order valence-corrected chi connectivity index (χ3v) is 11.7. The highest BCUT2D eigenvalue weighted by Gasteiger charge is 2.55. The summed E-state index contributed by atoms with van der Waals surface area (Å²) in [7, 11) is 0. The molecule has 31 heteroatoms. The molecule has 2 aliphatic rings. The number of aromatic carboxylic acids is 1. The van der Waals surface area contributed by atoms with Gasteiger partial charge in [0.2, 0.25) is 35.4 Å². The van der Waals surface area contributed by atoms with Gasteiger partial charge >= 0.3 is 35.8 Å². The number of hydrogen-bond acceptors (Lipinski definition) is 30. The topological polar surface area (TPSA) is 531 Å². The Morgan fingerprint density at radius 2 is 0.835 bits per heavy atom. The van der Waals surface area contributed by atoms with Gasteiger partial charge in [-0.15, -0.1) is 0 Å². The summed E-state index contributed by atoms with van der Waals surface area (Å²) in [5.74, 6) is -35.8. The molecule has 0 aliphatic carbocycles. The van der Waals surface area contributed by atoms with Crippen LogP contribution < -0.4 is 4.74 Å². The van der Waals surface area contributed by atoms with Crippen LogP contribution in [0, 0.1) is 0 Å². The average Bonchev–Trinajstić information content (AvgIpc) is 3.63. The number of carboxylic acid groups (broad SMARTS) is 1. The van der Waals surface area contributed by atoms with Crippen molar-refractivity contribution in [2.45, 2.75) is 30.7 Å². The van der Waals surface area contributed by atoms with Crippen molar-refractivity contribution in [2.24, 2.45) is 0 Å². The van der Waals surface area contributed by atoms with E-state index in [1.807, 2.05) is 0 Å². The molecule has 412 valence electrons. The lowest BCUT2D eigenvalue weighted by atomic mass is 9.91. The maximum Gasteiger partial charge on any atom is 0.340 e. The fraction of sp³-hybridized carbons (Fsp3) is 0.125. The number of benzene rings is 6. The number of carbonyl (C=O) groups excluding carboxylic acids is 5. The summed E-state index contributed by atoms with van der Waals surface area (Å²) < 4.78 is 39.0. The Hall–Kier alpha value is -11.5. The number of hydrogen-bond donors (Lipinski definition) is 18. The average molecular weight is 1110 g/mol. The highest BCUT2D eigenvalue weighted by Crippen LogP contribution is 2.56. The molecule has 31 nitrogen and oxygen atoms in total. The summed E-state index contributed by atoms with van der Waals surface area (Å²) in [6.07, 6.45) is -12.8. The zero-order valence-electron chi connectivity index (χ0n) is 38.6. The Morgan fingerprint density at radius 3 is 1.33 bits per heavy atom. The zero-order valence-corrected chi connectivity index (χ0v) is 38.6. The van der Waals surface area contributed by atoms with Gasteiger partial charge in [0, 0.05) is 17.2 Å². The van der Waals surface area contributed by atoms with Gasteiger partial charge in [-0.2, -0.15) is 0 Å². The first-order chi connectivity index (χ1) is 37.1. The Morgan fingerprint density at radius 1 is 0.430 bits per heavy atom. The van der Waals surface area contributed by atoms with E-state index in [0.717, 1.165) is 0 Å². The molecule has 0 spiro atoms. The minimum Gasteiger partial charge on any atom is -0.504 e. The molecule has 79 heavy (non-hydrogen) atoms. The molecule has 5 atom stereocenters. The molecule has 6 aromatic rings. The van der Waals surface area contributed by atoms with Crippen molar-refractivity contribution in [3.63, 3.8) is 0 Å². The maximum atomic E-state index is 14.8. The number of aromatic hydroxyl groups is 17. The number of rotatable bonds is 9. The monoisotopic (exact) mass is 1110 g/mol. The maximum absolute atomic E-state index is 14.8. The zero-order chi connectivity index (χ0) is 58.0. The van der Waals surface area contributed by atoms with Crippen molar-refractivity contribution in [1.29, 1.82) is 0 Å². The van der Waals surface area contributed by atoms with Crippen LogP contribution in [0.25, 0.3) is 11.1 Å². The van der Waals surface area contributed by atoms with Gasteiger partial charge < -0.3 is 125 Å². The van der Waals surface area contributed by atoms with Crippen LogP contribution in [-0.2, 0) is 28.4 Å². The number of ether oxygens (including phenoxy) is 7. The summed E-state index contributed by atoms with van der Waals surface area (Å²) in [5, 5.41) is 188. The minimum atomic E-state index is -2.66. The van der Waals surface area contributed by atoms with Gasteiger partial charge in [0.25, 0.3) is 0 Å². The van der Waals surface area contributed by atoms with E-state index < -0.39 is 227 Å². The van der Waals surface area contributed by atoms with Crippen molar-refractivity contribution in [3.05, 3.63) is 88.0 Å². The molecule has 0 radical (unpaired) electrons. The number of fused-ring (bicyclic) bond motifs is 4. The van der Waals surface area contributed by atoms with E-state index in [0.29, 0.717) is 54.6 Å². The van der Waals surface area contributed by atoms with Crippen LogP contribution in [0.5, 0.6) is 109 Å². The quantitative estimate of drug-likeness (QED) is 0.0562. The van der Waals surface area contributed by atoms with Gasteiger partial charge in [-0.05, 0) is 48.5 Å². The molecule has 1 fully saturated rings. The highest BCUT2D eigenvalue weighted by atomic mass is 16.7. The number of carboxylic acids is 1. The van der Waals surface area contributed by atoms with E-state index in [-0.39, 0.29) is 0 Å². The fourth-order valence-electron chi connectivity index (χ4n) is 7.86. The molecular formula is C48H34O31. The molecule has 8 rings (SSSR count). The van der Waals surface area contributed by atoms with Crippen molar-refractivity contribution in [1.82, 2.24) is 0 Å². The molecule has 2 heterocycles. The Balaban J connectivity index is 1.34. The Labute approximate surface area is 434 Å². The third kappa shape index (κ3) is 9.63. The molecule has 0 amide bonds. The Kier molecular flexibility index (Phi) is 13.6. The van der Waals surface area contributed by atoms with Gasteiger partial charge in [-0.1, -0.05) is 0 Å². The highest BCUT2D eigenvalue weighted by molar-refractivity contribution is 6.08. The second kappa shape index (κ2) is 20.0. The van der Waals surface area contributed by atoms with Crippen molar-refractivity contribution in [3.8, 4) is 120 Å². The minimum absolute atomic E-state index is 0.301. The van der Waals surface area contributed by atoms with Gasteiger partial charge in [0.1, 0.15) is 18.3 Å². The lowest BCUT2D eigenvalue weighted by Gasteiger charge is -2.43. The van der Waals surface area contributed by atoms with Crippen LogP contribution in [0.3, 0.4) is 0 Å². The van der Waals surface area contributed by atoms with Gasteiger partial charge in [0.05, 0.1) is 27.8 Å². The predicted octanol–water partition coefficient (Wildman–Crippen LogP) is 2.57. The first kappa shape index (κ1) is 53.8. The first-order valence-corrected chi connectivity index (χ1v) is 21.6. The van der Waals surface area contributed by atoms with E-state index >= 15 is 0 Å². The summed E-state index contributed by atoms with van der Waals surface area (Å²) in [6, 6.07) is 4.00. The molecule has 5 unspecified atom stereocenters. The van der Waals surface area contributed by atoms with E-state index in [9.17, 15) is 121 Å². The van der Waals surface area contributed by atoms with E-state index in [1.165, 1.54) is 0 Å². The molecule has 6 aromatic carbocycles. The van der Waals surface area contributed by atoms with Crippen LogP contribution >= 0.6 is 0 Å². The number of esters is 5. The molecule has 2 aliphatic heterocycles. The summed E-state index contributed by atoms with van der Waals surface area (Å²) in [5.41, 5.74) is -8.74. The van der Waals surface area contributed by atoms with E-state index in [2.05, 4.69) is 0 Å². The fourth-order valence-corrected chi connectivity index (χ4v) is 7.86. The molecule has 0 saturated carbocycles.